The molecule has 0 spiro atoms. The van der Waals surface area contributed by atoms with Gasteiger partial charge in [-0.15, -0.1) is 0 Å². The van der Waals surface area contributed by atoms with Crippen molar-refractivity contribution in [2.75, 3.05) is 6.54 Å². The minimum absolute atomic E-state index is 0.0911. The first-order valence-corrected chi connectivity index (χ1v) is 6.71. The van der Waals surface area contributed by atoms with Gasteiger partial charge in [0.1, 0.15) is 0 Å². The average molecular weight is 281 g/mol. The van der Waals surface area contributed by atoms with Crippen LogP contribution >= 0.6 is 11.6 Å². The molecular formula is C14H17ClN2O2. The summed E-state index contributed by atoms with van der Waals surface area (Å²) in [5.41, 5.74) is 0.957. The number of amides is 2. The first-order chi connectivity index (χ1) is 9.04. The molecule has 1 aliphatic carbocycles. The molecule has 1 N–H and O–H groups in total. The highest BCUT2D eigenvalue weighted by Gasteiger charge is 2.24. The number of benzene rings is 1. The van der Waals surface area contributed by atoms with E-state index in [0.29, 0.717) is 17.6 Å². The molecule has 0 atom stereocenters. The van der Waals surface area contributed by atoms with Gasteiger partial charge in [-0.2, -0.15) is 0 Å². The fraction of sp³-hybridized carbons (Fsp3) is 0.429. The monoisotopic (exact) mass is 280 g/mol. The molecule has 5 heteroatoms. The van der Waals surface area contributed by atoms with Crippen molar-refractivity contribution in [2.24, 2.45) is 0 Å². The Morgan fingerprint density at radius 1 is 1.32 bits per heavy atom. The number of carbonyl (C=O) groups excluding carboxylic acids is 2. The predicted octanol–water partition coefficient (Wildman–Crippen LogP) is 1.97. The maximum Gasteiger partial charge on any atom is 0.239 e. The molecule has 2 rings (SSSR count). The molecule has 0 aliphatic heterocycles. The van der Waals surface area contributed by atoms with Gasteiger partial charge in [0, 0.05) is 24.5 Å². The zero-order valence-corrected chi connectivity index (χ0v) is 11.6. The Morgan fingerprint density at radius 2 is 1.95 bits per heavy atom. The van der Waals surface area contributed by atoms with Crippen LogP contribution in [-0.2, 0) is 16.1 Å². The second-order valence-corrected chi connectivity index (χ2v) is 5.28. The summed E-state index contributed by atoms with van der Waals surface area (Å²) in [5, 5.41) is 3.54. The van der Waals surface area contributed by atoms with Gasteiger partial charge >= 0.3 is 0 Å². The van der Waals surface area contributed by atoms with Gasteiger partial charge in [-0.25, -0.2) is 0 Å². The summed E-state index contributed by atoms with van der Waals surface area (Å²) in [6.45, 7) is 2.00. The largest absolute Gasteiger partial charge is 0.352 e. The lowest BCUT2D eigenvalue weighted by Crippen LogP contribution is -2.40. The maximum absolute atomic E-state index is 11.7. The van der Waals surface area contributed by atoms with E-state index in [-0.39, 0.29) is 18.4 Å². The number of hydrogen-bond acceptors (Lipinski definition) is 2. The summed E-state index contributed by atoms with van der Waals surface area (Å²) in [7, 11) is 0. The van der Waals surface area contributed by atoms with Gasteiger partial charge in [0.15, 0.2) is 0 Å². The van der Waals surface area contributed by atoms with Crippen LogP contribution in [0.1, 0.15) is 25.3 Å². The molecule has 1 fully saturated rings. The smallest absolute Gasteiger partial charge is 0.239 e. The van der Waals surface area contributed by atoms with Gasteiger partial charge in [0.2, 0.25) is 11.8 Å². The molecule has 0 bridgehead atoms. The van der Waals surface area contributed by atoms with Crippen LogP contribution in [0, 0.1) is 0 Å². The topological polar surface area (TPSA) is 49.4 Å². The van der Waals surface area contributed by atoms with E-state index in [4.69, 9.17) is 11.6 Å². The van der Waals surface area contributed by atoms with Crippen molar-refractivity contribution in [2.45, 2.75) is 32.4 Å². The van der Waals surface area contributed by atoms with Gasteiger partial charge in [0.05, 0.1) is 6.54 Å². The van der Waals surface area contributed by atoms with Crippen LogP contribution in [0.2, 0.25) is 5.02 Å². The molecule has 0 aromatic heterocycles. The highest BCUT2D eigenvalue weighted by atomic mass is 35.5. The zero-order valence-electron chi connectivity index (χ0n) is 10.9. The number of nitrogens with zero attached hydrogens (tertiary/aromatic N) is 1. The van der Waals surface area contributed by atoms with Crippen LogP contribution in [0.4, 0.5) is 0 Å². The third-order valence-electron chi connectivity index (χ3n) is 3.01. The van der Waals surface area contributed by atoms with Crippen LogP contribution in [0.15, 0.2) is 24.3 Å². The summed E-state index contributed by atoms with van der Waals surface area (Å²) < 4.78 is 0. The van der Waals surface area contributed by atoms with E-state index in [2.05, 4.69) is 5.32 Å². The molecule has 0 radical (unpaired) electrons. The van der Waals surface area contributed by atoms with Crippen molar-refractivity contribution >= 4 is 23.4 Å². The number of halogens is 1. The third kappa shape index (κ3) is 4.56. The van der Waals surface area contributed by atoms with Crippen molar-refractivity contribution < 1.29 is 9.59 Å². The van der Waals surface area contributed by atoms with Crippen molar-refractivity contribution in [3.8, 4) is 0 Å². The van der Waals surface area contributed by atoms with E-state index in [1.165, 1.54) is 11.8 Å². The lowest BCUT2D eigenvalue weighted by atomic mass is 10.2. The van der Waals surface area contributed by atoms with Gasteiger partial charge in [-0.05, 0) is 30.5 Å². The van der Waals surface area contributed by atoms with Gasteiger partial charge in [0.25, 0.3) is 0 Å². The molecule has 19 heavy (non-hydrogen) atoms. The van der Waals surface area contributed by atoms with Crippen molar-refractivity contribution in [3.63, 3.8) is 0 Å². The summed E-state index contributed by atoms with van der Waals surface area (Å²) in [6, 6.07) is 7.59. The Labute approximate surface area is 117 Å². The summed E-state index contributed by atoms with van der Waals surface area (Å²) in [6.07, 6.45) is 2.09. The zero-order chi connectivity index (χ0) is 13.8. The molecule has 1 saturated carbocycles. The predicted molar refractivity (Wildman–Crippen MR) is 73.7 cm³/mol. The fourth-order valence-corrected chi connectivity index (χ4v) is 1.89. The Balaban J connectivity index is 1.93. The maximum atomic E-state index is 11.7. The van der Waals surface area contributed by atoms with E-state index >= 15 is 0 Å². The Morgan fingerprint density at radius 3 is 2.47 bits per heavy atom. The summed E-state index contributed by atoms with van der Waals surface area (Å²) >= 11 is 5.81. The van der Waals surface area contributed by atoms with Gasteiger partial charge < -0.3 is 10.2 Å². The fourth-order valence-electron chi connectivity index (χ4n) is 1.76. The highest BCUT2D eigenvalue weighted by Crippen LogP contribution is 2.18. The van der Waals surface area contributed by atoms with Crippen molar-refractivity contribution in [3.05, 3.63) is 34.9 Å². The van der Waals surface area contributed by atoms with Gasteiger partial charge in [-0.3, -0.25) is 9.59 Å². The normalized spacial score (nSPS) is 14.0. The van der Waals surface area contributed by atoms with Crippen LogP contribution < -0.4 is 5.32 Å². The molecule has 102 valence electrons. The van der Waals surface area contributed by atoms with Gasteiger partial charge in [-0.1, -0.05) is 23.7 Å². The van der Waals surface area contributed by atoms with Crippen molar-refractivity contribution in [1.29, 1.82) is 0 Å². The molecule has 1 aromatic rings. The van der Waals surface area contributed by atoms with Crippen LogP contribution in [-0.4, -0.2) is 29.3 Å². The van der Waals surface area contributed by atoms with E-state index in [9.17, 15) is 9.59 Å². The molecular weight excluding hydrogens is 264 g/mol. The second-order valence-electron chi connectivity index (χ2n) is 4.84. The van der Waals surface area contributed by atoms with E-state index in [1.807, 2.05) is 12.1 Å². The SMILES string of the molecule is CC(=O)N(CC(=O)NC1CC1)Cc1ccc(Cl)cc1. The van der Waals surface area contributed by atoms with Crippen LogP contribution in [0.25, 0.3) is 0 Å². The molecule has 2 amide bonds. The van der Waals surface area contributed by atoms with E-state index in [0.717, 1.165) is 18.4 Å². The first-order valence-electron chi connectivity index (χ1n) is 6.34. The van der Waals surface area contributed by atoms with E-state index < -0.39 is 0 Å². The van der Waals surface area contributed by atoms with Crippen LogP contribution in [0.3, 0.4) is 0 Å². The number of hydrogen-bond donors (Lipinski definition) is 1. The van der Waals surface area contributed by atoms with Crippen LogP contribution in [0.5, 0.6) is 0 Å². The highest BCUT2D eigenvalue weighted by molar-refractivity contribution is 6.30. The molecule has 0 saturated heterocycles. The number of carbonyl (C=O) groups is 2. The lowest BCUT2D eigenvalue weighted by molar-refractivity contribution is -0.135. The Bertz CT molecular complexity index is 469. The summed E-state index contributed by atoms with van der Waals surface area (Å²) in [4.78, 5) is 24.8. The molecule has 0 unspecified atom stereocenters. The Hall–Kier alpha value is -1.55. The standard InChI is InChI=1S/C14H17ClN2O2/c1-10(18)17(9-14(19)16-13-6-7-13)8-11-2-4-12(15)5-3-11/h2-5,13H,6-9H2,1H3,(H,16,19). The minimum atomic E-state index is -0.110. The molecule has 4 nitrogen and oxygen atoms in total. The lowest BCUT2D eigenvalue weighted by Gasteiger charge is -2.20. The number of rotatable bonds is 5. The molecule has 1 aromatic carbocycles. The second kappa shape index (κ2) is 6.06. The quantitative estimate of drug-likeness (QED) is 0.896. The molecule has 0 heterocycles. The summed E-state index contributed by atoms with van der Waals surface area (Å²) in [5.74, 6) is -0.201. The van der Waals surface area contributed by atoms with Crippen molar-refractivity contribution in [1.82, 2.24) is 10.2 Å². The van der Waals surface area contributed by atoms with E-state index in [1.54, 1.807) is 12.1 Å². The first kappa shape index (κ1) is 13.9. The third-order valence-corrected chi connectivity index (χ3v) is 3.26. The average Bonchev–Trinajstić information content (AvgIpc) is 3.14. The Kier molecular flexibility index (Phi) is 4.43. The minimum Gasteiger partial charge on any atom is -0.352 e. The molecule has 1 aliphatic rings. The number of nitrogens with one attached hydrogen (secondary N) is 1.